The lowest BCUT2D eigenvalue weighted by molar-refractivity contribution is 0.808. The van der Waals surface area contributed by atoms with Crippen LogP contribution in [0.15, 0.2) is 35.2 Å². The zero-order valence-corrected chi connectivity index (χ0v) is 12.1. The number of thioether (sulfide) groups is 1. The summed E-state index contributed by atoms with van der Waals surface area (Å²) in [4.78, 5) is 1.53. The van der Waals surface area contributed by atoms with Gasteiger partial charge in [0.2, 0.25) is 0 Å². The average Bonchev–Trinajstić information content (AvgIpc) is 2.37. The van der Waals surface area contributed by atoms with Crippen LogP contribution in [-0.2, 0) is 0 Å². The fourth-order valence-corrected chi connectivity index (χ4v) is 2.74. The van der Waals surface area contributed by atoms with Gasteiger partial charge in [0, 0.05) is 5.25 Å². The van der Waals surface area contributed by atoms with E-state index in [2.05, 4.69) is 57.2 Å². The molecule has 1 atom stereocenters. The third-order valence-corrected chi connectivity index (χ3v) is 4.19. The third kappa shape index (κ3) is 5.97. The molecule has 1 heteroatoms. The Bertz CT molecular complexity index is 327. The van der Waals surface area contributed by atoms with Gasteiger partial charge in [-0.15, -0.1) is 11.8 Å². The monoisotopic (exact) mass is 248 g/mol. The van der Waals surface area contributed by atoms with E-state index >= 15 is 0 Å². The second-order valence-electron chi connectivity index (χ2n) is 4.46. The van der Waals surface area contributed by atoms with E-state index < -0.39 is 0 Å². The molecule has 94 valence electrons. The number of benzene rings is 1. The van der Waals surface area contributed by atoms with Crippen molar-refractivity contribution in [2.45, 2.75) is 51.7 Å². The second kappa shape index (κ2) is 8.41. The lowest BCUT2D eigenvalue weighted by Crippen LogP contribution is -1.93. The van der Waals surface area contributed by atoms with Crippen LogP contribution in [0.4, 0.5) is 0 Å². The van der Waals surface area contributed by atoms with E-state index in [0.29, 0.717) is 0 Å². The molecule has 0 saturated carbocycles. The maximum Gasteiger partial charge on any atom is 0.00602 e. The quantitative estimate of drug-likeness (QED) is 0.592. The molecule has 0 radical (unpaired) electrons. The summed E-state index contributed by atoms with van der Waals surface area (Å²) in [5.74, 6) is 0. The van der Waals surface area contributed by atoms with Crippen LogP contribution in [0.2, 0.25) is 0 Å². The van der Waals surface area contributed by atoms with E-state index in [1.807, 2.05) is 11.8 Å². The fraction of sp³-hybridized carbons (Fsp3) is 0.500. The number of unbranched alkanes of at least 4 members (excludes halogenated alkanes) is 1. The number of allylic oxidation sites excluding steroid dienone is 1. The molecule has 0 aliphatic carbocycles. The highest BCUT2D eigenvalue weighted by molar-refractivity contribution is 8.03. The fourth-order valence-electron chi connectivity index (χ4n) is 1.59. The molecule has 0 bridgehead atoms. The molecule has 0 amide bonds. The van der Waals surface area contributed by atoms with Crippen molar-refractivity contribution in [2.75, 3.05) is 0 Å². The predicted molar refractivity (Wildman–Crippen MR) is 81.3 cm³/mol. The van der Waals surface area contributed by atoms with Crippen LogP contribution in [0.5, 0.6) is 0 Å². The van der Waals surface area contributed by atoms with E-state index in [-0.39, 0.29) is 0 Å². The Morgan fingerprint density at radius 1 is 1.24 bits per heavy atom. The van der Waals surface area contributed by atoms with Crippen molar-refractivity contribution < 1.29 is 0 Å². The van der Waals surface area contributed by atoms with Crippen molar-refractivity contribution in [3.8, 4) is 0 Å². The van der Waals surface area contributed by atoms with Gasteiger partial charge < -0.3 is 0 Å². The van der Waals surface area contributed by atoms with Gasteiger partial charge >= 0.3 is 0 Å². The largest absolute Gasteiger partial charge is 0.127 e. The first-order valence-electron chi connectivity index (χ1n) is 6.68. The summed E-state index contributed by atoms with van der Waals surface area (Å²) in [5, 5.41) is 0.724. The van der Waals surface area contributed by atoms with E-state index in [1.165, 1.54) is 36.2 Å². The summed E-state index contributed by atoms with van der Waals surface area (Å²) >= 11 is 2.04. The van der Waals surface area contributed by atoms with Crippen LogP contribution in [-0.4, -0.2) is 5.25 Å². The van der Waals surface area contributed by atoms with Crippen molar-refractivity contribution in [3.05, 3.63) is 40.8 Å². The van der Waals surface area contributed by atoms with Gasteiger partial charge in [0.05, 0.1) is 0 Å². The van der Waals surface area contributed by atoms with Gasteiger partial charge in [-0.2, -0.15) is 0 Å². The maximum atomic E-state index is 2.35. The third-order valence-electron chi connectivity index (χ3n) is 2.83. The molecule has 0 fully saturated rings. The minimum atomic E-state index is 0.724. The zero-order chi connectivity index (χ0) is 12.5. The Labute approximate surface area is 111 Å². The van der Waals surface area contributed by atoms with Crippen LogP contribution >= 0.6 is 11.8 Å². The van der Waals surface area contributed by atoms with Gasteiger partial charge in [-0.25, -0.2) is 0 Å². The van der Waals surface area contributed by atoms with Gasteiger partial charge in [0.1, 0.15) is 0 Å². The molecular weight excluding hydrogens is 224 g/mol. The Hall–Kier alpha value is -0.690. The molecule has 0 nitrogen and oxygen atoms in total. The SMILES string of the molecule is CCCC/C(=C/c1ccccc1)SC(C)CC. The molecular formula is C16H24S. The van der Waals surface area contributed by atoms with Crippen LogP contribution in [0.3, 0.4) is 0 Å². The molecule has 0 spiro atoms. The van der Waals surface area contributed by atoms with Crippen LogP contribution in [0, 0.1) is 0 Å². The first-order valence-corrected chi connectivity index (χ1v) is 7.56. The number of hydrogen-bond acceptors (Lipinski definition) is 1. The molecule has 1 unspecified atom stereocenters. The molecule has 1 aromatic carbocycles. The van der Waals surface area contributed by atoms with Crippen molar-refractivity contribution in [3.63, 3.8) is 0 Å². The Balaban J connectivity index is 2.71. The van der Waals surface area contributed by atoms with E-state index in [9.17, 15) is 0 Å². The standard InChI is InChI=1S/C16H24S/c1-4-6-12-16(17-14(3)5-2)13-15-10-8-7-9-11-15/h7-11,13-14H,4-6,12H2,1-3H3/b16-13-. The van der Waals surface area contributed by atoms with Gasteiger partial charge in [0.15, 0.2) is 0 Å². The highest BCUT2D eigenvalue weighted by atomic mass is 32.2. The molecule has 17 heavy (non-hydrogen) atoms. The lowest BCUT2D eigenvalue weighted by atomic mass is 10.1. The van der Waals surface area contributed by atoms with E-state index in [1.54, 1.807) is 0 Å². The molecule has 0 heterocycles. The highest BCUT2D eigenvalue weighted by Gasteiger charge is 2.04. The molecule has 1 aromatic rings. The van der Waals surface area contributed by atoms with Crippen molar-refractivity contribution in [2.24, 2.45) is 0 Å². The van der Waals surface area contributed by atoms with Crippen molar-refractivity contribution in [1.82, 2.24) is 0 Å². The summed E-state index contributed by atoms with van der Waals surface area (Å²) in [6, 6.07) is 10.7. The number of rotatable bonds is 7. The predicted octanol–water partition coefficient (Wildman–Crippen LogP) is 5.75. The van der Waals surface area contributed by atoms with Gasteiger partial charge in [-0.1, -0.05) is 57.5 Å². The van der Waals surface area contributed by atoms with E-state index in [0.717, 1.165) is 5.25 Å². The summed E-state index contributed by atoms with van der Waals surface area (Å²) in [7, 11) is 0. The minimum Gasteiger partial charge on any atom is -0.127 e. The topological polar surface area (TPSA) is 0 Å². The zero-order valence-electron chi connectivity index (χ0n) is 11.3. The van der Waals surface area contributed by atoms with Crippen LogP contribution < -0.4 is 0 Å². The summed E-state index contributed by atoms with van der Waals surface area (Å²) in [5.41, 5.74) is 1.33. The molecule has 0 saturated heterocycles. The normalized spacial score (nSPS) is 13.7. The van der Waals surface area contributed by atoms with Gasteiger partial charge in [0.25, 0.3) is 0 Å². The summed E-state index contributed by atoms with van der Waals surface area (Å²) in [6.07, 6.45) is 7.38. The molecule has 0 aliphatic heterocycles. The van der Waals surface area contributed by atoms with Crippen molar-refractivity contribution in [1.29, 1.82) is 0 Å². The Morgan fingerprint density at radius 2 is 1.94 bits per heavy atom. The summed E-state index contributed by atoms with van der Waals surface area (Å²) < 4.78 is 0. The average molecular weight is 248 g/mol. The molecule has 0 aromatic heterocycles. The van der Waals surface area contributed by atoms with Crippen LogP contribution in [0.1, 0.15) is 52.0 Å². The first-order chi connectivity index (χ1) is 8.26. The van der Waals surface area contributed by atoms with Gasteiger partial charge in [-0.3, -0.25) is 0 Å². The Kier molecular flexibility index (Phi) is 7.11. The molecule has 0 N–H and O–H groups in total. The van der Waals surface area contributed by atoms with Crippen LogP contribution in [0.25, 0.3) is 6.08 Å². The molecule has 0 aliphatic rings. The Morgan fingerprint density at radius 3 is 2.53 bits per heavy atom. The number of hydrogen-bond donors (Lipinski definition) is 0. The van der Waals surface area contributed by atoms with E-state index in [4.69, 9.17) is 0 Å². The highest BCUT2D eigenvalue weighted by Crippen LogP contribution is 2.29. The second-order valence-corrected chi connectivity index (χ2v) is 6.03. The maximum absolute atomic E-state index is 2.35. The summed E-state index contributed by atoms with van der Waals surface area (Å²) in [6.45, 7) is 6.83. The first kappa shape index (κ1) is 14.4. The lowest BCUT2D eigenvalue weighted by Gasteiger charge is -2.12. The van der Waals surface area contributed by atoms with Crippen molar-refractivity contribution >= 4 is 17.8 Å². The van der Waals surface area contributed by atoms with Gasteiger partial charge in [-0.05, 0) is 35.8 Å². The smallest absolute Gasteiger partial charge is 0.00602 e. The molecule has 1 rings (SSSR count). The minimum absolute atomic E-state index is 0.724.